The van der Waals surface area contributed by atoms with Crippen molar-refractivity contribution < 1.29 is 18.3 Å². The molecule has 0 bridgehead atoms. The third-order valence-electron chi connectivity index (χ3n) is 1.46. The van der Waals surface area contributed by atoms with E-state index >= 15 is 0 Å². The lowest BCUT2D eigenvalue weighted by atomic mass is 10.2. The molecule has 5 nitrogen and oxygen atoms in total. The van der Waals surface area contributed by atoms with Gasteiger partial charge in [0.1, 0.15) is 5.75 Å². The fraction of sp³-hybridized carbons (Fsp3) is 0.125. The number of carbonyl (C=O) groups excluding carboxylic acids is 1. The number of azide groups is 1. The van der Waals surface area contributed by atoms with Gasteiger partial charge in [0, 0.05) is 10.5 Å². The van der Waals surface area contributed by atoms with Crippen LogP contribution in [0.1, 0.15) is 10.4 Å². The molecule has 0 aliphatic rings. The Hall–Kier alpha value is -2.14. The zero-order chi connectivity index (χ0) is 11.3. The van der Waals surface area contributed by atoms with Gasteiger partial charge < -0.3 is 4.74 Å². The number of rotatable bonds is 3. The smallest absolute Gasteiger partial charge is 0.387 e. The molecule has 0 saturated heterocycles. The maximum atomic E-state index is 11.7. The summed E-state index contributed by atoms with van der Waals surface area (Å²) in [6.07, 6.45) is 0. The molecule has 7 heteroatoms. The summed E-state index contributed by atoms with van der Waals surface area (Å²) in [4.78, 5) is 13.3. The molecule has 0 unspecified atom stereocenters. The number of ether oxygens (including phenoxy) is 1. The molecular weight excluding hydrogens is 208 g/mol. The monoisotopic (exact) mass is 213 g/mol. The number of halogens is 2. The van der Waals surface area contributed by atoms with Gasteiger partial charge in [-0.15, -0.1) is 0 Å². The van der Waals surface area contributed by atoms with Gasteiger partial charge in [0.15, 0.2) is 0 Å². The average Bonchev–Trinajstić information content (AvgIpc) is 2.18. The summed E-state index contributed by atoms with van der Waals surface area (Å²) in [5, 5.41) is 2.84. The molecule has 0 aromatic heterocycles. The van der Waals surface area contributed by atoms with E-state index in [1.54, 1.807) is 0 Å². The van der Waals surface area contributed by atoms with Crippen molar-refractivity contribution in [2.45, 2.75) is 6.61 Å². The summed E-state index contributed by atoms with van der Waals surface area (Å²) in [5.74, 6) is -0.844. The van der Waals surface area contributed by atoms with Crippen molar-refractivity contribution in [2.75, 3.05) is 0 Å². The van der Waals surface area contributed by atoms with Crippen LogP contribution in [0.4, 0.5) is 8.78 Å². The molecular formula is C8H5F2N3O2. The van der Waals surface area contributed by atoms with E-state index in [2.05, 4.69) is 14.8 Å². The fourth-order valence-corrected chi connectivity index (χ4v) is 0.877. The molecule has 0 aliphatic heterocycles. The quantitative estimate of drug-likeness (QED) is 0.439. The average molecular weight is 213 g/mol. The highest BCUT2D eigenvalue weighted by Crippen LogP contribution is 2.15. The highest BCUT2D eigenvalue weighted by atomic mass is 19.3. The lowest BCUT2D eigenvalue weighted by Gasteiger charge is -2.03. The van der Waals surface area contributed by atoms with Crippen LogP contribution < -0.4 is 4.74 Å². The van der Waals surface area contributed by atoms with Crippen molar-refractivity contribution in [1.82, 2.24) is 0 Å². The van der Waals surface area contributed by atoms with Crippen LogP contribution in [0.25, 0.3) is 10.4 Å². The Morgan fingerprint density at radius 2 is 2.00 bits per heavy atom. The Kier molecular flexibility index (Phi) is 3.59. The van der Waals surface area contributed by atoms with E-state index in [0.717, 1.165) is 0 Å². The summed E-state index contributed by atoms with van der Waals surface area (Å²) >= 11 is 0. The van der Waals surface area contributed by atoms with E-state index in [0.29, 0.717) is 0 Å². The molecule has 0 saturated carbocycles. The molecule has 1 aromatic rings. The van der Waals surface area contributed by atoms with Crippen molar-refractivity contribution in [3.8, 4) is 5.75 Å². The number of benzene rings is 1. The molecule has 0 atom stereocenters. The summed E-state index contributed by atoms with van der Waals surface area (Å²) in [5.41, 5.74) is 8.09. The first-order valence-electron chi connectivity index (χ1n) is 3.78. The lowest BCUT2D eigenvalue weighted by molar-refractivity contribution is -0.0498. The predicted octanol–water partition coefficient (Wildman–Crippen LogP) is 2.74. The summed E-state index contributed by atoms with van der Waals surface area (Å²) < 4.78 is 27.6. The van der Waals surface area contributed by atoms with Gasteiger partial charge in [-0.1, -0.05) is 0 Å². The number of alkyl halides is 2. The van der Waals surface area contributed by atoms with Gasteiger partial charge in [-0.25, -0.2) is 0 Å². The Morgan fingerprint density at radius 3 is 2.47 bits per heavy atom. The molecule has 0 radical (unpaired) electrons. The minimum Gasteiger partial charge on any atom is -0.435 e. The molecule has 78 valence electrons. The van der Waals surface area contributed by atoms with E-state index in [-0.39, 0.29) is 11.3 Å². The largest absolute Gasteiger partial charge is 0.435 e. The van der Waals surface area contributed by atoms with Crippen molar-refractivity contribution in [1.29, 1.82) is 0 Å². The van der Waals surface area contributed by atoms with Gasteiger partial charge in [-0.3, -0.25) is 4.79 Å². The molecule has 0 aliphatic carbocycles. The molecule has 1 rings (SSSR count). The standard InChI is InChI=1S/C8H5F2N3O2/c9-8(10)15-6-3-1-5(2-4-6)7(14)12-13-11/h1-4,8H. The molecule has 15 heavy (non-hydrogen) atoms. The van der Waals surface area contributed by atoms with Crippen LogP contribution in [-0.2, 0) is 0 Å². The van der Waals surface area contributed by atoms with Gasteiger partial charge in [0.05, 0.1) is 0 Å². The number of carbonyl (C=O) groups is 1. The number of amides is 1. The van der Waals surface area contributed by atoms with E-state index < -0.39 is 12.5 Å². The van der Waals surface area contributed by atoms with Crippen LogP contribution in [-0.4, -0.2) is 12.5 Å². The SMILES string of the molecule is [N-]=[N+]=NC(=O)c1ccc(OC(F)F)cc1. The van der Waals surface area contributed by atoms with Crippen LogP contribution in [0, 0.1) is 0 Å². The van der Waals surface area contributed by atoms with Crippen molar-refractivity contribution in [3.05, 3.63) is 40.3 Å². The van der Waals surface area contributed by atoms with Crippen molar-refractivity contribution in [3.63, 3.8) is 0 Å². The van der Waals surface area contributed by atoms with Crippen molar-refractivity contribution in [2.24, 2.45) is 5.11 Å². The highest BCUT2D eigenvalue weighted by Gasteiger charge is 2.06. The van der Waals surface area contributed by atoms with Gasteiger partial charge in [-0.05, 0) is 34.9 Å². The molecule has 0 heterocycles. The first kappa shape index (κ1) is 10.9. The minimum absolute atomic E-state index is 0.0671. The van der Waals surface area contributed by atoms with E-state index in [4.69, 9.17) is 5.53 Å². The predicted molar refractivity (Wildman–Crippen MR) is 46.6 cm³/mol. The van der Waals surface area contributed by atoms with Gasteiger partial charge in [0.25, 0.3) is 0 Å². The van der Waals surface area contributed by atoms with Crippen LogP contribution in [0.15, 0.2) is 29.4 Å². The van der Waals surface area contributed by atoms with Gasteiger partial charge in [-0.2, -0.15) is 8.78 Å². The van der Waals surface area contributed by atoms with Crippen LogP contribution in [0.2, 0.25) is 0 Å². The van der Waals surface area contributed by atoms with E-state index in [1.165, 1.54) is 24.3 Å². The number of hydrogen-bond donors (Lipinski definition) is 0. The molecule has 0 spiro atoms. The Morgan fingerprint density at radius 1 is 1.40 bits per heavy atom. The van der Waals surface area contributed by atoms with Crippen LogP contribution >= 0.6 is 0 Å². The fourth-order valence-electron chi connectivity index (χ4n) is 0.877. The lowest BCUT2D eigenvalue weighted by Crippen LogP contribution is -2.02. The number of hydrogen-bond acceptors (Lipinski definition) is 2. The van der Waals surface area contributed by atoms with Crippen molar-refractivity contribution >= 4 is 5.91 Å². The van der Waals surface area contributed by atoms with Gasteiger partial charge >= 0.3 is 6.61 Å². The van der Waals surface area contributed by atoms with E-state index in [1.807, 2.05) is 0 Å². The zero-order valence-corrected chi connectivity index (χ0v) is 7.30. The second-order valence-electron chi connectivity index (χ2n) is 2.40. The number of nitrogens with zero attached hydrogens (tertiary/aromatic N) is 3. The first-order chi connectivity index (χ1) is 7.13. The topological polar surface area (TPSA) is 75.1 Å². The highest BCUT2D eigenvalue weighted by molar-refractivity contribution is 5.94. The van der Waals surface area contributed by atoms with E-state index in [9.17, 15) is 13.6 Å². The second-order valence-corrected chi connectivity index (χ2v) is 2.40. The zero-order valence-electron chi connectivity index (χ0n) is 7.30. The third kappa shape index (κ3) is 3.24. The maximum Gasteiger partial charge on any atom is 0.387 e. The maximum absolute atomic E-state index is 11.7. The van der Waals surface area contributed by atoms with Crippen LogP contribution in [0.3, 0.4) is 0 Å². The second kappa shape index (κ2) is 4.92. The summed E-state index contributed by atoms with van der Waals surface area (Å²) in [6, 6.07) is 4.84. The third-order valence-corrected chi connectivity index (χ3v) is 1.46. The summed E-state index contributed by atoms with van der Waals surface area (Å²) in [7, 11) is 0. The Labute approximate surface area is 82.9 Å². The molecule has 1 aromatic carbocycles. The normalized spacial score (nSPS) is 9.53. The van der Waals surface area contributed by atoms with Crippen LogP contribution in [0.5, 0.6) is 5.75 Å². The molecule has 1 amide bonds. The first-order valence-corrected chi connectivity index (χ1v) is 3.78. The molecule has 0 fully saturated rings. The Balaban J connectivity index is 2.80. The molecule has 0 N–H and O–H groups in total. The van der Waals surface area contributed by atoms with Gasteiger partial charge in [0.2, 0.25) is 5.91 Å². The summed E-state index contributed by atoms with van der Waals surface area (Å²) in [6.45, 7) is -2.91. The minimum atomic E-state index is -2.91. The Bertz CT molecular complexity index is 399.